The molecule has 5 fully saturated rings. The van der Waals surface area contributed by atoms with Crippen molar-refractivity contribution in [2.75, 3.05) is 46.0 Å². The fourth-order valence-electron chi connectivity index (χ4n) is 9.97. The zero-order valence-corrected chi connectivity index (χ0v) is 37.4. The first kappa shape index (κ1) is 44.3. The summed E-state index contributed by atoms with van der Waals surface area (Å²) < 4.78 is 52.6. The quantitative estimate of drug-likeness (QED) is 0.219. The van der Waals surface area contributed by atoms with Crippen molar-refractivity contribution in [1.29, 1.82) is 0 Å². The van der Waals surface area contributed by atoms with E-state index in [9.17, 15) is 22.8 Å². The topological polar surface area (TPSA) is 195 Å². The third-order valence-corrected chi connectivity index (χ3v) is 16.6. The minimum atomic E-state index is -4.09. The number of alkyl carbamates (subject to hydrolysis) is 1. The Morgan fingerprint density at radius 2 is 1.78 bits per heavy atom. The number of pyridine rings is 1. The molecule has 0 spiro atoms. The van der Waals surface area contributed by atoms with Gasteiger partial charge in [-0.05, 0) is 82.3 Å². The van der Waals surface area contributed by atoms with Crippen LogP contribution in [0.2, 0.25) is 0 Å². The van der Waals surface area contributed by atoms with E-state index in [2.05, 4.69) is 38.7 Å². The van der Waals surface area contributed by atoms with E-state index in [-0.39, 0.29) is 30.9 Å². The maximum atomic E-state index is 15.0. The summed E-state index contributed by atoms with van der Waals surface area (Å²) in [4.78, 5) is 66.1. The van der Waals surface area contributed by atoms with Gasteiger partial charge in [-0.2, -0.15) is 0 Å². The molecule has 1 aromatic heterocycles. The lowest BCUT2D eigenvalue weighted by Crippen LogP contribution is -2.68. The Hall–Kier alpha value is -4.92. The number of carbonyl (C=O) groups is 4. The molecule has 9 rings (SSSR count). The molecule has 2 bridgehead atoms. The van der Waals surface area contributed by atoms with Gasteiger partial charge in [-0.1, -0.05) is 55.7 Å². The van der Waals surface area contributed by atoms with E-state index in [4.69, 9.17) is 23.9 Å². The highest BCUT2D eigenvalue weighted by molar-refractivity contribution is 7.91. The highest BCUT2D eigenvalue weighted by atomic mass is 32.2. The maximum Gasteiger partial charge on any atom is 0.408 e. The number of aromatic nitrogens is 1. The molecule has 64 heavy (non-hydrogen) atoms. The maximum absolute atomic E-state index is 15.0. The zero-order valence-electron chi connectivity index (χ0n) is 36.6. The molecule has 4 amide bonds. The molecule has 4 heterocycles. The van der Waals surface area contributed by atoms with Gasteiger partial charge in [0.15, 0.2) is 5.54 Å². The average molecular weight is 901 g/mol. The van der Waals surface area contributed by atoms with Crippen molar-refractivity contribution in [1.82, 2.24) is 30.1 Å². The van der Waals surface area contributed by atoms with Gasteiger partial charge in [-0.25, -0.2) is 22.9 Å². The molecule has 2 saturated heterocycles. The van der Waals surface area contributed by atoms with E-state index in [0.29, 0.717) is 69.1 Å². The summed E-state index contributed by atoms with van der Waals surface area (Å²) in [7, 11) is -4.09. The van der Waals surface area contributed by atoms with Gasteiger partial charge in [0.25, 0.3) is 5.91 Å². The molecule has 17 heteroatoms. The van der Waals surface area contributed by atoms with Crippen LogP contribution in [0, 0.1) is 29.6 Å². The number of carbonyl (C=O) groups excluding carboxylic acids is 4. The molecule has 7 atom stereocenters. The van der Waals surface area contributed by atoms with Crippen molar-refractivity contribution in [3.8, 4) is 23.5 Å². The van der Waals surface area contributed by atoms with Gasteiger partial charge < -0.3 is 34.5 Å². The smallest absolute Gasteiger partial charge is 0.408 e. The van der Waals surface area contributed by atoms with Gasteiger partial charge in [-0.15, -0.1) is 6.58 Å². The van der Waals surface area contributed by atoms with Crippen molar-refractivity contribution in [2.24, 2.45) is 17.8 Å². The van der Waals surface area contributed by atoms with Crippen molar-refractivity contribution >= 4 is 44.7 Å². The Morgan fingerprint density at radius 1 is 1.03 bits per heavy atom. The molecule has 3 aliphatic heterocycles. The molecule has 0 radical (unpaired) electrons. The van der Waals surface area contributed by atoms with Crippen LogP contribution in [0.1, 0.15) is 89.5 Å². The van der Waals surface area contributed by atoms with Crippen LogP contribution in [0.3, 0.4) is 0 Å². The Kier molecular flexibility index (Phi) is 12.6. The monoisotopic (exact) mass is 900 g/mol. The number of benzene rings is 1. The normalized spacial score (nSPS) is 30.6. The first-order chi connectivity index (χ1) is 30.9. The molecular formula is C47H60N6O10S. The van der Waals surface area contributed by atoms with Crippen molar-refractivity contribution < 1.29 is 46.5 Å². The molecular weight excluding hydrogens is 841 g/mol. The van der Waals surface area contributed by atoms with E-state index >= 15 is 4.79 Å². The van der Waals surface area contributed by atoms with Crippen LogP contribution < -0.4 is 24.8 Å². The summed E-state index contributed by atoms with van der Waals surface area (Å²) in [6.07, 6.45) is 8.75. The number of para-hydroxylation sites is 1. The van der Waals surface area contributed by atoms with Crippen LogP contribution in [-0.4, -0.2) is 128 Å². The number of ether oxygens (including phenoxy) is 4. The first-order valence-corrected chi connectivity index (χ1v) is 24.7. The van der Waals surface area contributed by atoms with E-state index in [1.165, 1.54) is 11.0 Å². The molecule has 2 aromatic rings. The summed E-state index contributed by atoms with van der Waals surface area (Å²) in [6, 6.07) is 5.60. The molecule has 344 valence electrons. The Bertz CT molecular complexity index is 2330. The SMILES string of the molecule is C=CC1C#CC1(NC(=O)C1CC2CN1C(=O)C(C1CCCC1)NC(=O)OC1CC1CCCCCc1c(nc3ccccc3c1OCCN1CCOCC1)O2)C(=O)NS(=O)(=O)C1(C)CC1. The Morgan fingerprint density at radius 3 is 2.52 bits per heavy atom. The number of amides is 4. The lowest BCUT2D eigenvalue weighted by Gasteiger charge is -2.38. The zero-order chi connectivity index (χ0) is 44.6. The number of sulfonamides is 1. The number of hydrogen-bond acceptors (Lipinski definition) is 12. The van der Waals surface area contributed by atoms with Crippen LogP contribution in [0.25, 0.3) is 10.9 Å². The lowest BCUT2D eigenvalue weighted by atomic mass is 9.76. The third-order valence-electron chi connectivity index (χ3n) is 14.5. The molecule has 4 aliphatic carbocycles. The average Bonchev–Trinajstić information content (AvgIpc) is 4.06. The van der Waals surface area contributed by atoms with Crippen LogP contribution in [0.4, 0.5) is 4.79 Å². The minimum absolute atomic E-state index is 0.00455. The predicted molar refractivity (Wildman–Crippen MR) is 235 cm³/mol. The van der Waals surface area contributed by atoms with Crippen LogP contribution in [0.15, 0.2) is 36.9 Å². The van der Waals surface area contributed by atoms with Gasteiger partial charge >= 0.3 is 6.09 Å². The number of nitrogens with one attached hydrogen (secondary N) is 3. The van der Waals surface area contributed by atoms with Crippen molar-refractivity contribution in [3.05, 3.63) is 42.5 Å². The largest absolute Gasteiger partial charge is 0.491 e. The van der Waals surface area contributed by atoms with E-state index in [1.807, 2.05) is 24.3 Å². The number of nitrogens with zero attached hydrogens (tertiary/aromatic N) is 3. The van der Waals surface area contributed by atoms with Crippen LogP contribution in [-0.2, 0) is 40.3 Å². The van der Waals surface area contributed by atoms with Crippen LogP contribution >= 0.6 is 0 Å². The Balaban J connectivity index is 1.05. The van der Waals surface area contributed by atoms with Crippen molar-refractivity contribution in [3.63, 3.8) is 0 Å². The second kappa shape index (κ2) is 18.2. The van der Waals surface area contributed by atoms with Gasteiger partial charge in [0.1, 0.15) is 36.6 Å². The second-order valence-corrected chi connectivity index (χ2v) is 21.1. The third kappa shape index (κ3) is 9.02. The fraction of sp³-hybridized carbons (Fsp3) is 0.638. The molecule has 3 saturated carbocycles. The molecule has 3 N–H and O–H groups in total. The summed E-state index contributed by atoms with van der Waals surface area (Å²) in [5.74, 6) is 3.61. The molecule has 7 aliphatic rings. The fourth-order valence-corrected chi connectivity index (χ4v) is 11.3. The van der Waals surface area contributed by atoms with Gasteiger partial charge in [0.05, 0.1) is 41.5 Å². The summed E-state index contributed by atoms with van der Waals surface area (Å²) in [6.45, 7) is 9.52. The Labute approximate surface area is 374 Å². The van der Waals surface area contributed by atoms with E-state index < -0.39 is 68.2 Å². The van der Waals surface area contributed by atoms with Crippen molar-refractivity contribution in [2.45, 2.75) is 125 Å². The number of rotatable bonds is 11. The summed E-state index contributed by atoms with van der Waals surface area (Å²) in [5, 5.41) is 6.57. The molecule has 1 aromatic carbocycles. The predicted octanol–water partition coefficient (Wildman–Crippen LogP) is 3.76. The first-order valence-electron chi connectivity index (χ1n) is 23.2. The number of morpholine rings is 1. The lowest BCUT2D eigenvalue weighted by molar-refractivity contribution is -0.142. The summed E-state index contributed by atoms with van der Waals surface area (Å²) in [5.41, 5.74) is -0.461. The minimum Gasteiger partial charge on any atom is -0.491 e. The van der Waals surface area contributed by atoms with E-state index in [1.54, 1.807) is 6.92 Å². The number of hydrogen-bond donors (Lipinski definition) is 3. The van der Waals surface area contributed by atoms with Crippen LogP contribution in [0.5, 0.6) is 11.6 Å². The highest BCUT2D eigenvalue weighted by Gasteiger charge is 2.57. The summed E-state index contributed by atoms with van der Waals surface area (Å²) >= 11 is 0. The molecule has 7 unspecified atom stereocenters. The second-order valence-electron chi connectivity index (χ2n) is 18.9. The number of fused-ring (bicyclic) bond motifs is 5. The highest BCUT2D eigenvalue weighted by Crippen LogP contribution is 2.43. The van der Waals surface area contributed by atoms with Gasteiger partial charge in [0.2, 0.25) is 27.7 Å². The van der Waals surface area contributed by atoms with Gasteiger partial charge in [0, 0.05) is 31.4 Å². The molecule has 16 nitrogen and oxygen atoms in total. The standard InChI is InChI=1S/C47H60N6O10S/c1-3-32-17-18-47(32,44(56)51-64(58,59)46(2)19-20-46)50-41(54)37-28-33-29-53(37)43(55)39(30-11-7-8-12-30)49-45(57)63-38-27-31(38)13-5-4-6-15-35-40(61-26-23-52-21-24-60-25-22-52)34-14-9-10-16-36(34)48-42(35)62-33/h3,9-10,14,16,30-33,37-39H,1,4-8,11-13,15,19-29H2,2H3,(H,49,57)(H,50,54)(H,51,56). The van der Waals surface area contributed by atoms with E-state index in [0.717, 1.165) is 75.5 Å². The van der Waals surface area contributed by atoms with Gasteiger partial charge in [-0.3, -0.25) is 19.3 Å².